The van der Waals surface area contributed by atoms with Gasteiger partial charge in [0.25, 0.3) is 0 Å². The SMILES string of the molecule is C[C@@H](O)/C=C/[C@@]1(O)C(C)(C)CCC[C@@]1(C)O. The molecule has 3 nitrogen and oxygen atoms in total. The van der Waals surface area contributed by atoms with Gasteiger partial charge in [-0.25, -0.2) is 0 Å². The number of aliphatic hydroxyl groups is 3. The van der Waals surface area contributed by atoms with E-state index in [1.807, 2.05) is 13.8 Å². The molecule has 1 fully saturated rings. The van der Waals surface area contributed by atoms with Crippen molar-refractivity contribution in [2.75, 3.05) is 0 Å². The Balaban J connectivity index is 3.10. The molecule has 0 unspecified atom stereocenters. The summed E-state index contributed by atoms with van der Waals surface area (Å²) in [7, 11) is 0. The average Bonchev–Trinajstić information content (AvgIpc) is 2.10. The highest BCUT2D eigenvalue weighted by Crippen LogP contribution is 2.49. The lowest BCUT2D eigenvalue weighted by Crippen LogP contribution is -2.62. The third-order valence-corrected chi connectivity index (χ3v) is 3.93. The molecule has 0 bridgehead atoms. The third kappa shape index (κ3) is 2.17. The topological polar surface area (TPSA) is 60.7 Å². The van der Waals surface area contributed by atoms with Crippen molar-refractivity contribution in [2.45, 2.75) is 64.3 Å². The summed E-state index contributed by atoms with van der Waals surface area (Å²) >= 11 is 0. The zero-order valence-corrected chi connectivity index (χ0v) is 10.7. The second-order valence-corrected chi connectivity index (χ2v) is 5.88. The van der Waals surface area contributed by atoms with E-state index in [-0.39, 0.29) is 5.41 Å². The van der Waals surface area contributed by atoms with Crippen LogP contribution in [-0.2, 0) is 0 Å². The molecule has 1 aliphatic rings. The van der Waals surface area contributed by atoms with Crippen molar-refractivity contribution in [1.29, 1.82) is 0 Å². The zero-order chi connectivity index (χ0) is 12.6. The summed E-state index contributed by atoms with van der Waals surface area (Å²) in [5.41, 5.74) is -2.81. The average molecular weight is 228 g/mol. The van der Waals surface area contributed by atoms with Crippen LogP contribution >= 0.6 is 0 Å². The fourth-order valence-electron chi connectivity index (χ4n) is 2.67. The molecule has 0 aromatic carbocycles. The fourth-order valence-corrected chi connectivity index (χ4v) is 2.67. The predicted octanol–water partition coefficient (Wildman–Crippen LogP) is 1.62. The summed E-state index contributed by atoms with van der Waals surface area (Å²) in [5.74, 6) is 0. The monoisotopic (exact) mass is 228 g/mol. The first-order chi connectivity index (χ1) is 7.12. The molecule has 3 heteroatoms. The fraction of sp³-hybridized carbons (Fsp3) is 0.846. The van der Waals surface area contributed by atoms with Crippen molar-refractivity contribution in [3.8, 4) is 0 Å². The Morgan fingerprint density at radius 2 is 1.69 bits per heavy atom. The molecular formula is C13H24O3. The Kier molecular flexibility index (Phi) is 3.53. The first-order valence-corrected chi connectivity index (χ1v) is 5.95. The molecule has 0 amide bonds. The molecule has 1 aliphatic carbocycles. The highest BCUT2D eigenvalue weighted by molar-refractivity contribution is 5.19. The molecule has 0 saturated heterocycles. The molecule has 1 rings (SSSR count). The maximum atomic E-state index is 10.7. The van der Waals surface area contributed by atoms with Gasteiger partial charge in [-0.3, -0.25) is 0 Å². The van der Waals surface area contributed by atoms with Crippen molar-refractivity contribution >= 4 is 0 Å². The van der Waals surface area contributed by atoms with E-state index in [0.717, 1.165) is 12.8 Å². The van der Waals surface area contributed by atoms with Crippen molar-refractivity contribution in [1.82, 2.24) is 0 Å². The lowest BCUT2D eigenvalue weighted by molar-refractivity contribution is -0.194. The summed E-state index contributed by atoms with van der Waals surface area (Å²) in [6.07, 6.45) is 4.85. The normalized spacial score (nSPS) is 41.2. The summed E-state index contributed by atoms with van der Waals surface area (Å²) in [6.45, 7) is 7.20. The summed E-state index contributed by atoms with van der Waals surface area (Å²) in [6, 6.07) is 0. The van der Waals surface area contributed by atoms with E-state index in [0.29, 0.717) is 6.42 Å². The van der Waals surface area contributed by atoms with E-state index < -0.39 is 17.3 Å². The first kappa shape index (κ1) is 13.7. The minimum absolute atomic E-state index is 0.389. The second-order valence-electron chi connectivity index (χ2n) is 5.88. The minimum atomic E-state index is -1.28. The van der Waals surface area contributed by atoms with E-state index in [9.17, 15) is 15.3 Å². The molecule has 1 saturated carbocycles. The standard InChI is InChI=1S/C13H24O3/c1-10(14)6-9-13(16)11(2,3)7-5-8-12(13,4)15/h6,9-10,14-16H,5,7-8H2,1-4H3/b9-6+/t10-,12-,13-/m1/s1. The van der Waals surface area contributed by atoms with Gasteiger partial charge in [0.15, 0.2) is 0 Å². The maximum Gasteiger partial charge on any atom is 0.116 e. The van der Waals surface area contributed by atoms with Crippen LogP contribution in [0.15, 0.2) is 12.2 Å². The van der Waals surface area contributed by atoms with Crippen LogP contribution in [-0.4, -0.2) is 32.6 Å². The van der Waals surface area contributed by atoms with Gasteiger partial charge in [-0.15, -0.1) is 0 Å². The highest BCUT2D eigenvalue weighted by Gasteiger charge is 2.56. The maximum absolute atomic E-state index is 10.7. The van der Waals surface area contributed by atoms with E-state index in [1.165, 1.54) is 0 Å². The number of hydrogen-bond acceptors (Lipinski definition) is 3. The van der Waals surface area contributed by atoms with Gasteiger partial charge in [-0.1, -0.05) is 26.0 Å². The minimum Gasteiger partial charge on any atom is -0.389 e. The van der Waals surface area contributed by atoms with Crippen LogP contribution in [0.4, 0.5) is 0 Å². The Morgan fingerprint density at radius 1 is 1.12 bits per heavy atom. The van der Waals surface area contributed by atoms with Crippen LogP contribution < -0.4 is 0 Å². The van der Waals surface area contributed by atoms with Crippen LogP contribution in [0, 0.1) is 5.41 Å². The summed E-state index contributed by atoms with van der Waals surface area (Å²) in [5, 5.41) is 30.3. The Bertz CT molecular complexity index is 261. The van der Waals surface area contributed by atoms with Crippen LogP contribution in [0.25, 0.3) is 0 Å². The van der Waals surface area contributed by atoms with E-state index in [4.69, 9.17) is 0 Å². The molecule has 0 aromatic heterocycles. The summed E-state index contributed by atoms with van der Waals surface area (Å²) < 4.78 is 0. The molecule has 3 atom stereocenters. The van der Waals surface area contributed by atoms with Gasteiger partial charge in [0.1, 0.15) is 5.60 Å². The van der Waals surface area contributed by atoms with Crippen LogP contribution in [0.5, 0.6) is 0 Å². The van der Waals surface area contributed by atoms with Crippen molar-refractivity contribution in [3.05, 3.63) is 12.2 Å². The van der Waals surface area contributed by atoms with Gasteiger partial charge >= 0.3 is 0 Å². The van der Waals surface area contributed by atoms with Gasteiger partial charge in [-0.2, -0.15) is 0 Å². The smallest absolute Gasteiger partial charge is 0.116 e. The molecule has 0 aromatic rings. The highest BCUT2D eigenvalue weighted by atomic mass is 16.4. The molecular weight excluding hydrogens is 204 g/mol. The summed E-state index contributed by atoms with van der Waals surface area (Å²) in [4.78, 5) is 0. The number of aliphatic hydroxyl groups excluding tert-OH is 1. The number of rotatable bonds is 2. The van der Waals surface area contributed by atoms with Crippen LogP contribution in [0.3, 0.4) is 0 Å². The van der Waals surface area contributed by atoms with Crippen molar-refractivity contribution < 1.29 is 15.3 Å². The van der Waals surface area contributed by atoms with Crippen LogP contribution in [0.1, 0.15) is 47.0 Å². The van der Waals surface area contributed by atoms with Gasteiger partial charge < -0.3 is 15.3 Å². The van der Waals surface area contributed by atoms with E-state index in [2.05, 4.69) is 0 Å². The first-order valence-electron chi connectivity index (χ1n) is 5.95. The Labute approximate surface area is 97.8 Å². The quantitative estimate of drug-likeness (QED) is 0.629. The lowest BCUT2D eigenvalue weighted by Gasteiger charge is -2.53. The zero-order valence-electron chi connectivity index (χ0n) is 10.7. The van der Waals surface area contributed by atoms with Gasteiger partial charge in [-0.05, 0) is 38.5 Å². The lowest BCUT2D eigenvalue weighted by atomic mass is 9.58. The predicted molar refractivity (Wildman–Crippen MR) is 64.0 cm³/mol. The third-order valence-electron chi connectivity index (χ3n) is 3.93. The Morgan fingerprint density at radius 3 is 2.12 bits per heavy atom. The molecule has 0 radical (unpaired) electrons. The van der Waals surface area contributed by atoms with Gasteiger partial charge in [0, 0.05) is 0 Å². The molecule has 16 heavy (non-hydrogen) atoms. The molecule has 0 aliphatic heterocycles. The molecule has 94 valence electrons. The molecule has 0 spiro atoms. The van der Waals surface area contributed by atoms with Crippen LogP contribution in [0.2, 0.25) is 0 Å². The van der Waals surface area contributed by atoms with Gasteiger partial charge in [0.05, 0.1) is 11.7 Å². The largest absolute Gasteiger partial charge is 0.389 e. The van der Waals surface area contributed by atoms with Crippen molar-refractivity contribution in [2.24, 2.45) is 5.41 Å². The Hall–Kier alpha value is -0.380. The van der Waals surface area contributed by atoms with E-state index >= 15 is 0 Å². The number of hydrogen-bond donors (Lipinski definition) is 3. The van der Waals surface area contributed by atoms with Crippen molar-refractivity contribution in [3.63, 3.8) is 0 Å². The van der Waals surface area contributed by atoms with E-state index in [1.54, 1.807) is 26.0 Å². The molecule has 0 heterocycles. The van der Waals surface area contributed by atoms with Gasteiger partial charge in [0.2, 0.25) is 0 Å². The second kappa shape index (κ2) is 4.13. The molecule has 3 N–H and O–H groups in total.